The van der Waals surface area contributed by atoms with Gasteiger partial charge in [-0.3, -0.25) is 9.78 Å². The van der Waals surface area contributed by atoms with Crippen LogP contribution in [0.15, 0.2) is 18.5 Å². The largest absolute Gasteiger partial charge is 0.481 e. The van der Waals surface area contributed by atoms with Gasteiger partial charge in [0.15, 0.2) is 0 Å². The summed E-state index contributed by atoms with van der Waals surface area (Å²) in [5.74, 6) is -1.12. The molecule has 0 aliphatic heterocycles. The molecule has 1 N–H and O–H groups in total. The molecule has 0 aromatic carbocycles. The maximum Gasteiger partial charge on any atom is 0.307 e. The molecule has 0 spiro atoms. The van der Waals surface area contributed by atoms with Gasteiger partial charge in [-0.1, -0.05) is 26.8 Å². The molecule has 1 heterocycles. The van der Waals surface area contributed by atoms with Gasteiger partial charge in [0.2, 0.25) is 0 Å². The second-order valence-corrected chi connectivity index (χ2v) is 5.33. The molecule has 3 heteroatoms. The van der Waals surface area contributed by atoms with Gasteiger partial charge in [-0.15, -0.1) is 0 Å². The second kappa shape index (κ2) is 4.64. The molecule has 88 valence electrons. The Morgan fingerprint density at radius 3 is 2.50 bits per heavy atom. The molecule has 16 heavy (non-hydrogen) atoms. The topological polar surface area (TPSA) is 50.2 Å². The van der Waals surface area contributed by atoms with E-state index in [0.29, 0.717) is 6.42 Å². The molecule has 0 bridgehead atoms. The number of hydrogen-bond acceptors (Lipinski definition) is 2. The van der Waals surface area contributed by atoms with Crippen molar-refractivity contribution in [1.29, 1.82) is 0 Å². The van der Waals surface area contributed by atoms with Gasteiger partial charge in [0.25, 0.3) is 0 Å². The van der Waals surface area contributed by atoms with Crippen LogP contribution in [0.5, 0.6) is 0 Å². The van der Waals surface area contributed by atoms with E-state index in [4.69, 9.17) is 0 Å². The summed E-state index contributed by atoms with van der Waals surface area (Å²) in [6.45, 7) is 7.82. The number of carboxylic acid groups (broad SMARTS) is 1. The van der Waals surface area contributed by atoms with Gasteiger partial charge >= 0.3 is 5.97 Å². The molecular weight excluding hydrogens is 202 g/mol. The number of aromatic nitrogens is 1. The fourth-order valence-electron chi connectivity index (χ4n) is 1.73. The number of aliphatic carboxylic acids is 1. The predicted molar refractivity (Wildman–Crippen MR) is 63.3 cm³/mol. The fourth-order valence-corrected chi connectivity index (χ4v) is 1.73. The molecule has 0 saturated carbocycles. The zero-order valence-corrected chi connectivity index (χ0v) is 10.3. The Bertz CT molecular complexity index is 380. The molecule has 0 saturated heterocycles. The van der Waals surface area contributed by atoms with Gasteiger partial charge in [-0.25, -0.2) is 0 Å². The van der Waals surface area contributed by atoms with E-state index in [1.807, 2.05) is 33.8 Å². The quantitative estimate of drug-likeness (QED) is 0.853. The van der Waals surface area contributed by atoms with Gasteiger partial charge in [0, 0.05) is 12.4 Å². The van der Waals surface area contributed by atoms with Crippen molar-refractivity contribution in [2.45, 2.75) is 34.1 Å². The third-order valence-corrected chi connectivity index (χ3v) is 2.71. The fraction of sp³-hybridized carbons (Fsp3) is 0.538. The second-order valence-electron chi connectivity index (χ2n) is 5.33. The molecule has 1 aromatic heterocycles. The third kappa shape index (κ3) is 3.33. The Morgan fingerprint density at radius 1 is 1.44 bits per heavy atom. The Balaban J connectivity index is 2.89. The highest BCUT2D eigenvalue weighted by molar-refractivity contribution is 5.71. The van der Waals surface area contributed by atoms with Crippen LogP contribution < -0.4 is 0 Å². The van der Waals surface area contributed by atoms with E-state index < -0.39 is 5.97 Å². The lowest BCUT2D eigenvalue weighted by atomic mass is 9.77. The van der Waals surface area contributed by atoms with Gasteiger partial charge in [0.1, 0.15) is 0 Å². The Kier molecular flexibility index (Phi) is 3.68. The number of carbonyl (C=O) groups is 1. The van der Waals surface area contributed by atoms with Crippen molar-refractivity contribution in [2.24, 2.45) is 11.3 Å². The highest BCUT2D eigenvalue weighted by Crippen LogP contribution is 2.29. The number of carboxylic acids is 1. The van der Waals surface area contributed by atoms with E-state index in [-0.39, 0.29) is 11.3 Å². The van der Waals surface area contributed by atoms with Crippen LogP contribution >= 0.6 is 0 Å². The van der Waals surface area contributed by atoms with Crippen molar-refractivity contribution in [3.05, 3.63) is 29.6 Å². The standard InChI is InChI=1S/C13H19NO2/c1-9-5-10(8-14-7-9)6-11(12(15)16)13(2,3)4/h5,7-8,11H,6H2,1-4H3,(H,15,16). The molecule has 0 amide bonds. The lowest BCUT2D eigenvalue weighted by molar-refractivity contribution is -0.145. The summed E-state index contributed by atoms with van der Waals surface area (Å²) >= 11 is 0. The van der Waals surface area contributed by atoms with Crippen molar-refractivity contribution >= 4 is 5.97 Å². The van der Waals surface area contributed by atoms with Crippen LogP contribution in [0.1, 0.15) is 31.9 Å². The molecule has 0 fully saturated rings. The first-order chi connectivity index (χ1) is 7.30. The van der Waals surface area contributed by atoms with Crippen molar-refractivity contribution in [1.82, 2.24) is 4.98 Å². The molecule has 0 aliphatic rings. The highest BCUT2D eigenvalue weighted by Gasteiger charge is 2.31. The van der Waals surface area contributed by atoms with Crippen molar-refractivity contribution < 1.29 is 9.90 Å². The molecule has 0 radical (unpaired) electrons. The van der Waals surface area contributed by atoms with E-state index in [2.05, 4.69) is 4.98 Å². The van der Waals surface area contributed by atoms with Crippen molar-refractivity contribution in [2.75, 3.05) is 0 Å². The number of rotatable bonds is 3. The molecule has 1 atom stereocenters. The molecule has 1 aromatic rings. The minimum atomic E-state index is -0.742. The first-order valence-corrected chi connectivity index (χ1v) is 5.44. The van der Waals surface area contributed by atoms with Gasteiger partial charge < -0.3 is 5.11 Å². The van der Waals surface area contributed by atoms with Crippen LogP contribution in [-0.2, 0) is 11.2 Å². The maximum atomic E-state index is 11.2. The average molecular weight is 221 g/mol. The predicted octanol–water partition coefficient (Wildman–Crippen LogP) is 2.68. The smallest absolute Gasteiger partial charge is 0.307 e. The first kappa shape index (κ1) is 12.7. The zero-order chi connectivity index (χ0) is 12.3. The van der Waals surface area contributed by atoms with Gasteiger partial charge in [-0.2, -0.15) is 0 Å². The highest BCUT2D eigenvalue weighted by atomic mass is 16.4. The minimum Gasteiger partial charge on any atom is -0.481 e. The average Bonchev–Trinajstić information content (AvgIpc) is 2.12. The molecule has 3 nitrogen and oxygen atoms in total. The molecule has 1 rings (SSSR count). The van der Waals surface area contributed by atoms with E-state index in [1.54, 1.807) is 12.4 Å². The summed E-state index contributed by atoms with van der Waals surface area (Å²) < 4.78 is 0. The lowest BCUT2D eigenvalue weighted by Gasteiger charge is -2.27. The number of pyridine rings is 1. The van der Waals surface area contributed by atoms with Crippen LogP contribution in [-0.4, -0.2) is 16.1 Å². The summed E-state index contributed by atoms with van der Waals surface area (Å²) in [6, 6.07) is 1.99. The van der Waals surface area contributed by atoms with E-state index in [0.717, 1.165) is 11.1 Å². The van der Waals surface area contributed by atoms with Crippen LogP contribution in [0.25, 0.3) is 0 Å². The number of nitrogens with zero attached hydrogens (tertiary/aromatic N) is 1. The third-order valence-electron chi connectivity index (χ3n) is 2.71. The minimum absolute atomic E-state index is 0.240. The monoisotopic (exact) mass is 221 g/mol. The van der Waals surface area contributed by atoms with Crippen LogP contribution in [0.2, 0.25) is 0 Å². The summed E-state index contributed by atoms with van der Waals surface area (Å²) in [6.07, 6.45) is 4.05. The normalized spacial score (nSPS) is 13.5. The Morgan fingerprint density at radius 2 is 2.06 bits per heavy atom. The van der Waals surface area contributed by atoms with E-state index in [1.165, 1.54) is 0 Å². The number of aryl methyl sites for hydroxylation is 1. The zero-order valence-electron chi connectivity index (χ0n) is 10.3. The Labute approximate surface area is 96.5 Å². The Hall–Kier alpha value is -1.38. The van der Waals surface area contributed by atoms with E-state index in [9.17, 15) is 9.90 Å². The lowest BCUT2D eigenvalue weighted by Crippen LogP contribution is -2.30. The summed E-state index contributed by atoms with van der Waals surface area (Å²) in [5.41, 5.74) is 1.81. The summed E-state index contributed by atoms with van der Waals surface area (Å²) in [5, 5.41) is 9.22. The maximum absolute atomic E-state index is 11.2. The van der Waals surface area contributed by atoms with E-state index >= 15 is 0 Å². The molecule has 1 unspecified atom stereocenters. The molecule has 0 aliphatic carbocycles. The number of hydrogen-bond donors (Lipinski definition) is 1. The van der Waals surface area contributed by atoms with Gasteiger partial charge in [-0.05, 0) is 29.9 Å². The SMILES string of the molecule is Cc1cncc(CC(C(=O)O)C(C)(C)C)c1. The summed E-state index contributed by atoms with van der Waals surface area (Å²) in [7, 11) is 0. The van der Waals surface area contributed by atoms with Crippen LogP contribution in [0.3, 0.4) is 0 Å². The summed E-state index contributed by atoms with van der Waals surface area (Å²) in [4.78, 5) is 15.3. The van der Waals surface area contributed by atoms with Crippen LogP contribution in [0, 0.1) is 18.3 Å². The van der Waals surface area contributed by atoms with Gasteiger partial charge in [0.05, 0.1) is 5.92 Å². The first-order valence-electron chi connectivity index (χ1n) is 5.44. The van der Waals surface area contributed by atoms with Crippen molar-refractivity contribution in [3.8, 4) is 0 Å². The molecular formula is C13H19NO2. The van der Waals surface area contributed by atoms with Crippen LogP contribution in [0.4, 0.5) is 0 Å². The van der Waals surface area contributed by atoms with Crippen molar-refractivity contribution in [3.63, 3.8) is 0 Å².